The van der Waals surface area contributed by atoms with E-state index < -0.39 is 0 Å². The molecule has 3 heterocycles. The molecule has 0 N–H and O–H groups in total. The number of carbonyl (C=O) groups excluding carboxylic acids is 2. The van der Waals surface area contributed by atoms with Gasteiger partial charge in [-0.15, -0.1) is 0 Å². The van der Waals surface area contributed by atoms with Crippen LogP contribution in [0.3, 0.4) is 0 Å². The zero-order chi connectivity index (χ0) is 20.4. The molecule has 0 unspecified atom stereocenters. The van der Waals surface area contributed by atoms with Gasteiger partial charge in [0.05, 0.1) is 18.7 Å². The lowest BCUT2D eigenvalue weighted by atomic mass is 9.94. The first kappa shape index (κ1) is 20.2. The third kappa shape index (κ3) is 4.14. The van der Waals surface area contributed by atoms with E-state index in [-0.39, 0.29) is 23.8 Å². The summed E-state index contributed by atoms with van der Waals surface area (Å²) in [5, 5.41) is 4.73. The molecule has 2 saturated heterocycles. The standard InChI is InChI=1S/C22H25ClN2O3S/c1-28-20-5-4-17(23)13-18(20)22(27)24-10-6-15(7-11-24)21(26)25-9-2-3-19(25)16-8-12-29-14-16/h4-5,8,12-15,19H,2-3,6-7,9-11H2,1H3/t19-/m0/s1. The smallest absolute Gasteiger partial charge is 0.257 e. The van der Waals surface area contributed by atoms with Gasteiger partial charge in [0.1, 0.15) is 5.75 Å². The van der Waals surface area contributed by atoms with Gasteiger partial charge in [-0.2, -0.15) is 11.3 Å². The van der Waals surface area contributed by atoms with Crippen LogP contribution in [0.1, 0.15) is 47.6 Å². The van der Waals surface area contributed by atoms with Crippen LogP contribution in [-0.2, 0) is 4.79 Å². The second-order valence-electron chi connectivity index (χ2n) is 7.66. The van der Waals surface area contributed by atoms with Crippen LogP contribution < -0.4 is 4.74 Å². The van der Waals surface area contributed by atoms with Crippen molar-refractivity contribution in [3.8, 4) is 5.75 Å². The number of halogens is 1. The molecule has 29 heavy (non-hydrogen) atoms. The zero-order valence-electron chi connectivity index (χ0n) is 16.5. The highest BCUT2D eigenvalue weighted by Gasteiger charge is 2.36. The molecule has 0 spiro atoms. The predicted octanol–water partition coefficient (Wildman–Crippen LogP) is 4.63. The summed E-state index contributed by atoms with van der Waals surface area (Å²) in [6, 6.07) is 7.41. The summed E-state index contributed by atoms with van der Waals surface area (Å²) in [7, 11) is 1.55. The summed E-state index contributed by atoms with van der Waals surface area (Å²) in [6.45, 7) is 1.97. The van der Waals surface area contributed by atoms with Crippen molar-refractivity contribution in [3.05, 3.63) is 51.2 Å². The highest BCUT2D eigenvalue weighted by Crippen LogP contribution is 2.36. The molecule has 0 bridgehead atoms. The van der Waals surface area contributed by atoms with Gasteiger partial charge in [0.25, 0.3) is 5.91 Å². The van der Waals surface area contributed by atoms with Crippen molar-refractivity contribution in [1.82, 2.24) is 9.80 Å². The summed E-state index contributed by atoms with van der Waals surface area (Å²) >= 11 is 7.75. The number of likely N-dealkylation sites (tertiary alicyclic amines) is 2. The fourth-order valence-electron chi connectivity index (χ4n) is 4.42. The normalized spacial score (nSPS) is 20.1. The van der Waals surface area contributed by atoms with Crippen LogP contribution in [-0.4, -0.2) is 48.4 Å². The minimum absolute atomic E-state index is 0.0143. The number of amides is 2. The maximum atomic E-state index is 13.2. The quantitative estimate of drug-likeness (QED) is 0.707. The van der Waals surface area contributed by atoms with Crippen LogP contribution in [0, 0.1) is 5.92 Å². The minimum Gasteiger partial charge on any atom is -0.496 e. The number of carbonyl (C=O) groups is 2. The number of ether oxygens (including phenoxy) is 1. The fraction of sp³-hybridized carbons (Fsp3) is 0.455. The number of benzene rings is 1. The maximum Gasteiger partial charge on any atom is 0.257 e. The average molecular weight is 433 g/mol. The monoisotopic (exact) mass is 432 g/mol. The van der Waals surface area contributed by atoms with Crippen LogP contribution in [0.4, 0.5) is 0 Å². The number of methoxy groups -OCH3 is 1. The van der Waals surface area contributed by atoms with E-state index in [2.05, 4.69) is 21.7 Å². The lowest BCUT2D eigenvalue weighted by molar-refractivity contribution is -0.137. The Morgan fingerprint density at radius 2 is 1.93 bits per heavy atom. The van der Waals surface area contributed by atoms with E-state index in [4.69, 9.17) is 16.3 Å². The minimum atomic E-state index is -0.0902. The average Bonchev–Trinajstić information content (AvgIpc) is 3.44. The van der Waals surface area contributed by atoms with Gasteiger partial charge in [0.2, 0.25) is 5.91 Å². The molecule has 4 rings (SSSR count). The van der Waals surface area contributed by atoms with Gasteiger partial charge in [-0.25, -0.2) is 0 Å². The van der Waals surface area contributed by atoms with Crippen molar-refractivity contribution in [2.45, 2.75) is 31.7 Å². The molecule has 1 aromatic heterocycles. The maximum absolute atomic E-state index is 13.2. The zero-order valence-corrected chi connectivity index (χ0v) is 18.0. The van der Waals surface area contributed by atoms with Gasteiger partial charge >= 0.3 is 0 Å². The highest BCUT2D eigenvalue weighted by atomic mass is 35.5. The predicted molar refractivity (Wildman–Crippen MR) is 115 cm³/mol. The van der Waals surface area contributed by atoms with Crippen molar-refractivity contribution >= 4 is 34.8 Å². The number of nitrogens with zero attached hydrogens (tertiary/aromatic N) is 2. The van der Waals surface area contributed by atoms with Crippen LogP contribution in [0.15, 0.2) is 35.0 Å². The molecule has 5 nitrogen and oxygen atoms in total. The number of rotatable bonds is 4. The summed E-state index contributed by atoms with van der Waals surface area (Å²) in [4.78, 5) is 30.0. The van der Waals surface area contributed by atoms with Gasteiger partial charge in [0.15, 0.2) is 0 Å². The molecule has 7 heteroatoms. The number of thiophene rings is 1. The van der Waals surface area contributed by atoms with E-state index >= 15 is 0 Å². The van der Waals surface area contributed by atoms with E-state index in [9.17, 15) is 9.59 Å². The first-order valence-electron chi connectivity index (χ1n) is 10.0. The molecule has 0 aliphatic carbocycles. The second-order valence-corrected chi connectivity index (χ2v) is 8.87. The van der Waals surface area contributed by atoms with E-state index in [1.165, 1.54) is 5.56 Å². The molecular weight excluding hydrogens is 408 g/mol. The fourth-order valence-corrected chi connectivity index (χ4v) is 5.30. The third-order valence-electron chi connectivity index (χ3n) is 5.99. The van der Waals surface area contributed by atoms with Gasteiger partial charge in [0, 0.05) is 30.6 Å². The van der Waals surface area contributed by atoms with Crippen LogP contribution in [0.5, 0.6) is 5.75 Å². The van der Waals surface area contributed by atoms with E-state index in [1.807, 2.05) is 0 Å². The van der Waals surface area contributed by atoms with Gasteiger partial charge in [-0.05, 0) is 66.3 Å². The number of piperidine rings is 1. The lowest BCUT2D eigenvalue weighted by Gasteiger charge is -2.35. The third-order valence-corrected chi connectivity index (χ3v) is 6.92. The molecule has 2 fully saturated rings. The summed E-state index contributed by atoms with van der Waals surface area (Å²) in [5.41, 5.74) is 1.73. The van der Waals surface area contributed by atoms with Crippen molar-refractivity contribution in [2.75, 3.05) is 26.7 Å². The summed E-state index contributed by atoms with van der Waals surface area (Å²) in [5.74, 6) is 0.659. The SMILES string of the molecule is COc1ccc(Cl)cc1C(=O)N1CCC(C(=O)N2CCC[C@H]2c2ccsc2)CC1. The van der Waals surface area contributed by atoms with E-state index in [0.717, 1.165) is 19.4 Å². The van der Waals surface area contributed by atoms with Crippen molar-refractivity contribution < 1.29 is 14.3 Å². The van der Waals surface area contributed by atoms with Crippen molar-refractivity contribution in [1.29, 1.82) is 0 Å². The van der Waals surface area contributed by atoms with Crippen LogP contribution in [0.2, 0.25) is 5.02 Å². The first-order valence-corrected chi connectivity index (χ1v) is 11.4. The second kappa shape index (κ2) is 8.76. The number of hydrogen-bond acceptors (Lipinski definition) is 4. The summed E-state index contributed by atoms with van der Waals surface area (Å²) < 4.78 is 5.32. The Bertz CT molecular complexity index is 878. The molecule has 2 aliphatic heterocycles. The van der Waals surface area contributed by atoms with Crippen LogP contribution >= 0.6 is 22.9 Å². The Hall–Kier alpha value is -2.05. The molecule has 1 atom stereocenters. The molecule has 0 radical (unpaired) electrons. The van der Waals surface area contributed by atoms with Crippen molar-refractivity contribution in [3.63, 3.8) is 0 Å². The Labute approximate surface area is 180 Å². The molecule has 154 valence electrons. The van der Waals surface area contributed by atoms with Crippen molar-refractivity contribution in [2.24, 2.45) is 5.92 Å². The van der Waals surface area contributed by atoms with E-state index in [0.29, 0.717) is 42.3 Å². The largest absolute Gasteiger partial charge is 0.496 e. The first-order chi connectivity index (χ1) is 14.1. The molecule has 1 aromatic carbocycles. The Kier molecular flexibility index (Phi) is 6.11. The van der Waals surface area contributed by atoms with Gasteiger partial charge < -0.3 is 14.5 Å². The van der Waals surface area contributed by atoms with Gasteiger partial charge in [-0.1, -0.05) is 11.6 Å². The summed E-state index contributed by atoms with van der Waals surface area (Å²) in [6.07, 6.45) is 3.48. The topological polar surface area (TPSA) is 49.9 Å². The molecular formula is C22H25ClN2O3S. The highest BCUT2D eigenvalue weighted by molar-refractivity contribution is 7.08. The van der Waals surface area contributed by atoms with Crippen LogP contribution in [0.25, 0.3) is 0 Å². The Morgan fingerprint density at radius 1 is 1.14 bits per heavy atom. The lowest BCUT2D eigenvalue weighted by Crippen LogP contribution is -2.44. The molecule has 0 saturated carbocycles. The molecule has 2 aromatic rings. The Balaban J connectivity index is 1.40. The molecule has 2 aliphatic rings. The molecule has 2 amide bonds. The number of hydrogen-bond donors (Lipinski definition) is 0. The Morgan fingerprint density at radius 3 is 2.62 bits per heavy atom. The van der Waals surface area contributed by atoms with Gasteiger partial charge in [-0.3, -0.25) is 9.59 Å². The van der Waals surface area contributed by atoms with E-state index in [1.54, 1.807) is 41.5 Å².